The third kappa shape index (κ3) is 2.49. The van der Waals surface area contributed by atoms with E-state index in [1.807, 2.05) is 43.3 Å². The van der Waals surface area contributed by atoms with Crippen LogP contribution in [0.1, 0.15) is 29.2 Å². The van der Waals surface area contributed by atoms with E-state index in [1.165, 1.54) is 11.1 Å². The maximum Gasteiger partial charge on any atom is 0.161 e. The fourth-order valence-corrected chi connectivity index (χ4v) is 2.56. The zero-order valence-electron chi connectivity index (χ0n) is 12.6. The van der Waals surface area contributed by atoms with E-state index < -0.39 is 5.60 Å². The molecule has 1 heterocycles. The number of fused-ring (bicyclic) bond motifs is 1. The smallest absolute Gasteiger partial charge is 0.161 e. The molecule has 0 aromatic heterocycles. The number of hydrogen-bond acceptors (Lipinski definition) is 3. The quantitative estimate of drug-likeness (QED) is 0.919. The second kappa shape index (κ2) is 5.08. The monoisotopic (exact) mass is 284 g/mol. The maximum atomic E-state index is 11.0. The average Bonchev–Trinajstić information content (AvgIpc) is 2.49. The first-order chi connectivity index (χ1) is 9.98. The number of hydrogen-bond donors (Lipinski definition) is 1. The Balaban J connectivity index is 2.02. The molecule has 3 rings (SSSR count). The minimum absolute atomic E-state index is 0.544. The van der Waals surface area contributed by atoms with Gasteiger partial charge in [-0.05, 0) is 55.2 Å². The first kappa shape index (κ1) is 14.0. The lowest BCUT2D eigenvalue weighted by Crippen LogP contribution is -2.24. The van der Waals surface area contributed by atoms with Crippen molar-refractivity contribution in [2.24, 2.45) is 0 Å². The molecule has 0 bridgehead atoms. The molecule has 0 saturated carbocycles. The Labute approximate surface area is 125 Å². The van der Waals surface area contributed by atoms with Crippen LogP contribution in [0.3, 0.4) is 0 Å². The van der Waals surface area contributed by atoms with E-state index in [-0.39, 0.29) is 0 Å². The van der Waals surface area contributed by atoms with Gasteiger partial charge in [-0.1, -0.05) is 24.3 Å². The van der Waals surface area contributed by atoms with Gasteiger partial charge >= 0.3 is 0 Å². The molecular formula is C18H20O3. The highest BCUT2D eigenvalue weighted by Crippen LogP contribution is 2.37. The van der Waals surface area contributed by atoms with Crippen molar-refractivity contribution in [1.82, 2.24) is 0 Å². The Hall–Kier alpha value is -2.00. The van der Waals surface area contributed by atoms with E-state index in [9.17, 15) is 5.11 Å². The fourth-order valence-electron chi connectivity index (χ4n) is 2.56. The number of benzene rings is 2. The molecule has 0 saturated heterocycles. The van der Waals surface area contributed by atoms with Crippen LogP contribution in [-0.4, -0.2) is 18.3 Å². The van der Waals surface area contributed by atoms with Crippen molar-refractivity contribution in [3.63, 3.8) is 0 Å². The van der Waals surface area contributed by atoms with Crippen molar-refractivity contribution in [3.8, 4) is 11.5 Å². The van der Waals surface area contributed by atoms with Gasteiger partial charge in [0.25, 0.3) is 0 Å². The van der Waals surface area contributed by atoms with Gasteiger partial charge in [0.2, 0.25) is 0 Å². The summed E-state index contributed by atoms with van der Waals surface area (Å²) in [5.41, 5.74) is 3.01. The summed E-state index contributed by atoms with van der Waals surface area (Å²) in [5, 5.41) is 11.0. The van der Waals surface area contributed by atoms with Gasteiger partial charge in [-0.15, -0.1) is 0 Å². The van der Waals surface area contributed by atoms with Gasteiger partial charge in [0, 0.05) is 0 Å². The zero-order chi connectivity index (χ0) is 15.0. The van der Waals surface area contributed by atoms with Gasteiger partial charge in [0.15, 0.2) is 11.5 Å². The average molecular weight is 284 g/mol. The molecule has 110 valence electrons. The SMILES string of the molecule is Cc1ccc(C(C)(O)c2ccc3c(c2)OCCO3)cc1C. The molecule has 1 aliphatic heterocycles. The topological polar surface area (TPSA) is 38.7 Å². The molecule has 0 fully saturated rings. The molecule has 3 nitrogen and oxygen atoms in total. The fraction of sp³-hybridized carbons (Fsp3) is 0.333. The van der Waals surface area contributed by atoms with Crippen LogP contribution in [0.4, 0.5) is 0 Å². The Morgan fingerprint density at radius 2 is 1.48 bits per heavy atom. The summed E-state index contributed by atoms with van der Waals surface area (Å²) in [6.07, 6.45) is 0. The lowest BCUT2D eigenvalue weighted by Gasteiger charge is -2.27. The normalized spacial score (nSPS) is 16.4. The summed E-state index contributed by atoms with van der Waals surface area (Å²) in [4.78, 5) is 0. The molecule has 1 atom stereocenters. The number of rotatable bonds is 2. The highest BCUT2D eigenvalue weighted by atomic mass is 16.6. The number of aryl methyl sites for hydroxylation is 2. The molecule has 0 aliphatic carbocycles. The summed E-state index contributed by atoms with van der Waals surface area (Å²) < 4.78 is 11.1. The van der Waals surface area contributed by atoms with Crippen LogP contribution in [0.25, 0.3) is 0 Å². The first-order valence-electron chi connectivity index (χ1n) is 7.19. The minimum atomic E-state index is -1.06. The molecule has 0 radical (unpaired) electrons. The standard InChI is InChI=1S/C18H20O3/c1-12-4-5-14(10-13(12)2)18(3,19)15-6-7-16-17(11-15)21-9-8-20-16/h4-7,10-11,19H,8-9H2,1-3H3. The van der Waals surface area contributed by atoms with Crippen molar-refractivity contribution >= 4 is 0 Å². The van der Waals surface area contributed by atoms with E-state index in [4.69, 9.17) is 9.47 Å². The van der Waals surface area contributed by atoms with Crippen LogP contribution in [0.15, 0.2) is 36.4 Å². The third-order valence-electron chi connectivity index (χ3n) is 4.17. The number of aliphatic hydroxyl groups is 1. The highest BCUT2D eigenvalue weighted by Gasteiger charge is 2.27. The van der Waals surface area contributed by atoms with Crippen molar-refractivity contribution in [1.29, 1.82) is 0 Å². The van der Waals surface area contributed by atoms with Crippen LogP contribution >= 0.6 is 0 Å². The van der Waals surface area contributed by atoms with Crippen LogP contribution in [-0.2, 0) is 5.60 Å². The predicted octanol–water partition coefficient (Wildman–Crippen LogP) is 3.33. The van der Waals surface area contributed by atoms with Gasteiger partial charge in [0.1, 0.15) is 18.8 Å². The van der Waals surface area contributed by atoms with Crippen molar-refractivity contribution < 1.29 is 14.6 Å². The lowest BCUT2D eigenvalue weighted by atomic mass is 9.86. The van der Waals surface area contributed by atoms with Crippen LogP contribution in [0, 0.1) is 13.8 Å². The molecule has 0 spiro atoms. The van der Waals surface area contributed by atoms with Gasteiger partial charge in [-0.2, -0.15) is 0 Å². The Bertz CT molecular complexity index is 674. The maximum absolute atomic E-state index is 11.0. The Morgan fingerprint density at radius 3 is 2.19 bits per heavy atom. The van der Waals surface area contributed by atoms with E-state index in [2.05, 4.69) is 13.8 Å². The van der Waals surface area contributed by atoms with Gasteiger partial charge in [-0.25, -0.2) is 0 Å². The van der Waals surface area contributed by atoms with E-state index in [1.54, 1.807) is 0 Å². The molecule has 2 aromatic carbocycles. The van der Waals surface area contributed by atoms with Crippen LogP contribution in [0.2, 0.25) is 0 Å². The molecular weight excluding hydrogens is 264 g/mol. The Kier molecular flexibility index (Phi) is 3.38. The second-order valence-electron chi connectivity index (χ2n) is 5.73. The van der Waals surface area contributed by atoms with E-state index in [0.29, 0.717) is 19.0 Å². The second-order valence-corrected chi connectivity index (χ2v) is 5.73. The molecule has 3 heteroatoms. The zero-order valence-corrected chi connectivity index (χ0v) is 12.6. The van der Waals surface area contributed by atoms with Crippen LogP contribution in [0.5, 0.6) is 11.5 Å². The minimum Gasteiger partial charge on any atom is -0.486 e. The molecule has 1 N–H and O–H groups in total. The van der Waals surface area contributed by atoms with Gasteiger partial charge < -0.3 is 14.6 Å². The van der Waals surface area contributed by atoms with E-state index in [0.717, 1.165) is 16.9 Å². The highest BCUT2D eigenvalue weighted by molar-refractivity contribution is 5.48. The van der Waals surface area contributed by atoms with Crippen molar-refractivity contribution in [2.45, 2.75) is 26.4 Å². The van der Waals surface area contributed by atoms with Crippen LogP contribution < -0.4 is 9.47 Å². The molecule has 0 amide bonds. The summed E-state index contributed by atoms with van der Waals surface area (Å²) in [7, 11) is 0. The summed E-state index contributed by atoms with van der Waals surface area (Å²) in [5.74, 6) is 1.43. The number of ether oxygens (including phenoxy) is 2. The molecule has 2 aromatic rings. The first-order valence-corrected chi connectivity index (χ1v) is 7.19. The van der Waals surface area contributed by atoms with Gasteiger partial charge in [-0.3, -0.25) is 0 Å². The Morgan fingerprint density at radius 1 is 0.857 bits per heavy atom. The predicted molar refractivity (Wildman–Crippen MR) is 82.0 cm³/mol. The summed E-state index contributed by atoms with van der Waals surface area (Å²) in [6, 6.07) is 11.7. The molecule has 1 aliphatic rings. The molecule has 1 unspecified atom stereocenters. The third-order valence-corrected chi connectivity index (χ3v) is 4.17. The van der Waals surface area contributed by atoms with Crippen molar-refractivity contribution in [2.75, 3.05) is 13.2 Å². The van der Waals surface area contributed by atoms with E-state index >= 15 is 0 Å². The summed E-state index contributed by atoms with van der Waals surface area (Å²) >= 11 is 0. The summed E-state index contributed by atoms with van der Waals surface area (Å²) in [6.45, 7) is 7.04. The lowest BCUT2D eigenvalue weighted by molar-refractivity contribution is 0.101. The largest absolute Gasteiger partial charge is 0.486 e. The van der Waals surface area contributed by atoms with Gasteiger partial charge in [0.05, 0.1) is 0 Å². The molecule has 21 heavy (non-hydrogen) atoms. The van der Waals surface area contributed by atoms with Crippen molar-refractivity contribution in [3.05, 3.63) is 58.7 Å².